The maximum absolute atomic E-state index is 12.9. The summed E-state index contributed by atoms with van der Waals surface area (Å²) >= 11 is 13.7. The summed E-state index contributed by atoms with van der Waals surface area (Å²) in [5, 5.41) is 1.00. The molecule has 3 rings (SSSR count). The number of thiazole rings is 1. The van der Waals surface area contributed by atoms with Crippen LogP contribution in [-0.4, -0.2) is 10.5 Å². The number of terminal acetylenes is 1. The van der Waals surface area contributed by atoms with Crippen LogP contribution >= 0.6 is 34.5 Å². The Balaban J connectivity index is 2.06. The van der Waals surface area contributed by atoms with Gasteiger partial charge in [-0.05, 0) is 29.8 Å². The van der Waals surface area contributed by atoms with Crippen LogP contribution in [0.25, 0.3) is 10.2 Å². The van der Waals surface area contributed by atoms with Crippen LogP contribution in [0.5, 0.6) is 0 Å². The van der Waals surface area contributed by atoms with Gasteiger partial charge in [0, 0.05) is 0 Å². The number of hydrogen-bond donors (Lipinski definition) is 0. The van der Waals surface area contributed by atoms with E-state index in [1.54, 1.807) is 28.8 Å². The molecule has 0 radical (unpaired) electrons. The highest BCUT2D eigenvalue weighted by atomic mass is 35.5. The van der Waals surface area contributed by atoms with Crippen LogP contribution in [-0.2, 0) is 17.8 Å². The SMILES string of the molecule is C#CCn1c(=NC(=O)Cc2ccc(F)cc2)sc2c(Cl)ccc(Cl)c21. The lowest BCUT2D eigenvalue weighted by atomic mass is 10.1. The topological polar surface area (TPSA) is 34.4 Å². The smallest absolute Gasteiger partial charge is 0.252 e. The van der Waals surface area contributed by atoms with Gasteiger partial charge in [-0.3, -0.25) is 4.79 Å². The number of fused-ring (bicyclic) bond motifs is 1. The number of aromatic nitrogens is 1. The molecule has 1 heterocycles. The molecule has 25 heavy (non-hydrogen) atoms. The molecular formula is C18H11Cl2FN2OS. The zero-order chi connectivity index (χ0) is 18.0. The third-order valence-corrected chi connectivity index (χ3v) is 5.31. The van der Waals surface area contributed by atoms with E-state index >= 15 is 0 Å². The van der Waals surface area contributed by atoms with Crippen LogP contribution in [0, 0.1) is 18.2 Å². The van der Waals surface area contributed by atoms with Crippen molar-refractivity contribution in [1.29, 1.82) is 0 Å². The average molecular weight is 393 g/mol. The maximum atomic E-state index is 12.9. The Hall–Kier alpha value is -2.13. The lowest BCUT2D eigenvalue weighted by Crippen LogP contribution is -2.17. The first-order chi connectivity index (χ1) is 12.0. The number of rotatable bonds is 3. The van der Waals surface area contributed by atoms with Crippen LogP contribution in [0.3, 0.4) is 0 Å². The Morgan fingerprint density at radius 1 is 1.20 bits per heavy atom. The molecule has 0 aliphatic carbocycles. The number of hydrogen-bond acceptors (Lipinski definition) is 2. The molecule has 0 aliphatic rings. The van der Waals surface area contributed by atoms with E-state index in [0.717, 1.165) is 4.70 Å². The van der Waals surface area contributed by atoms with Crippen LogP contribution in [0.1, 0.15) is 5.56 Å². The number of amides is 1. The predicted octanol–water partition coefficient (Wildman–Crippen LogP) is 4.45. The van der Waals surface area contributed by atoms with Crippen molar-refractivity contribution in [2.75, 3.05) is 0 Å². The van der Waals surface area contributed by atoms with Crippen molar-refractivity contribution in [3.05, 3.63) is 62.6 Å². The van der Waals surface area contributed by atoms with Gasteiger partial charge in [0.25, 0.3) is 5.91 Å². The van der Waals surface area contributed by atoms with E-state index in [-0.39, 0.29) is 24.7 Å². The average Bonchev–Trinajstić information content (AvgIpc) is 2.93. The Kier molecular flexibility index (Phi) is 5.24. The van der Waals surface area contributed by atoms with Gasteiger partial charge in [0.15, 0.2) is 4.80 Å². The van der Waals surface area contributed by atoms with Gasteiger partial charge >= 0.3 is 0 Å². The van der Waals surface area contributed by atoms with Gasteiger partial charge < -0.3 is 4.57 Å². The summed E-state index contributed by atoms with van der Waals surface area (Å²) in [4.78, 5) is 16.9. The molecule has 0 N–H and O–H groups in total. The van der Waals surface area contributed by atoms with Gasteiger partial charge in [-0.25, -0.2) is 4.39 Å². The van der Waals surface area contributed by atoms with Crippen molar-refractivity contribution >= 4 is 50.7 Å². The molecule has 0 unspecified atom stereocenters. The summed E-state index contributed by atoms with van der Waals surface area (Å²) in [7, 11) is 0. The highest BCUT2D eigenvalue weighted by molar-refractivity contribution is 7.17. The van der Waals surface area contributed by atoms with Crippen molar-refractivity contribution in [3.63, 3.8) is 0 Å². The Labute approximate surface area is 157 Å². The lowest BCUT2D eigenvalue weighted by molar-refractivity contribution is -0.117. The molecule has 1 amide bonds. The first kappa shape index (κ1) is 17.7. The Bertz CT molecular complexity index is 1060. The molecular weight excluding hydrogens is 382 g/mol. The fraction of sp³-hybridized carbons (Fsp3) is 0.111. The second kappa shape index (κ2) is 7.40. The van der Waals surface area contributed by atoms with Crippen LogP contribution < -0.4 is 4.80 Å². The molecule has 1 aromatic heterocycles. The van der Waals surface area contributed by atoms with Crippen LogP contribution in [0.2, 0.25) is 10.0 Å². The number of carbonyl (C=O) groups excluding carboxylic acids is 1. The number of carbonyl (C=O) groups is 1. The highest BCUT2D eigenvalue weighted by Gasteiger charge is 2.13. The molecule has 0 bridgehead atoms. The van der Waals surface area contributed by atoms with E-state index in [0.29, 0.717) is 25.9 Å². The molecule has 0 fully saturated rings. The fourth-order valence-corrected chi connectivity index (χ4v) is 4.02. The zero-order valence-electron chi connectivity index (χ0n) is 12.8. The minimum atomic E-state index is -0.365. The molecule has 7 heteroatoms. The van der Waals surface area contributed by atoms with Gasteiger partial charge in [0.05, 0.1) is 33.2 Å². The minimum Gasteiger partial charge on any atom is -0.303 e. The monoisotopic (exact) mass is 392 g/mol. The normalized spacial score (nSPS) is 11.7. The van der Waals surface area contributed by atoms with E-state index in [2.05, 4.69) is 10.9 Å². The second-order valence-electron chi connectivity index (χ2n) is 5.19. The van der Waals surface area contributed by atoms with Gasteiger partial charge in [-0.1, -0.05) is 52.6 Å². The van der Waals surface area contributed by atoms with Gasteiger partial charge in [0.1, 0.15) is 5.82 Å². The largest absolute Gasteiger partial charge is 0.303 e. The molecule has 0 atom stereocenters. The third kappa shape index (κ3) is 3.77. The molecule has 3 nitrogen and oxygen atoms in total. The van der Waals surface area contributed by atoms with Crippen molar-refractivity contribution in [2.24, 2.45) is 4.99 Å². The molecule has 0 saturated heterocycles. The van der Waals surface area contributed by atoms with Crippen LogP contribution in [0.4, 0.5) is 4.39 Å². The quantitative estimate of drug-likeness (QED) is 0.606. The predicted molar refractivity (Wildman–Crippen MR) is 99.3 cm³/mol. The van der Waals surface area contributed by atoms with E-state index in [1.165, 1.54) is 23.5 Å². The summed E-state index contributed by atoms with van der Waals surface area (Å²) in [6, 6.07) is 9.08. The second-order valence-corrected chi connectivity index (χ2v) is 6.98. The van der Waals surface area contributed by atoms with Crippen molar-refractivity contribution in [2.45, 2.75) is 13.0 Å². The Morgan fingerprint density at radius 3 is 2.56 bits per heavy atom. The zero-order valence-corrected chi connectivity index (χ0v) is 15.1. The van der Waals surface area contributed by atoms with Crippen LogP contribution in [0.15, 0.2) is 41.4 Å². The summed E-state index contributed by atoms with van der Waals surface area (Å²) in [5.74, 6) is 1.82. The third-order valence-electron chi connectivity index (χ3n) is 3.47. The van der Waals surface area contributed by atoms with Crippen molar-refractivity contribution in [1.82, 2.24) is 4.57 Å². The van der Waals surface area contributed by atoms with Crippen molar-refractivity contribution in [3.8, 4) is 12.3 Å². The standard InChI is InChI=1S/C18H11Cl2FN2OS/c1-2-9-23-16-13(19)7-8-14(20)17(16)25-18(23)22-15(24)10-11-3-5-12(21)6-4-11/h1,3-8H,9-10H2. The fourth-order valence-electron chi connectivity index (χ4n) is 2.36. The maximum Gasteiger partial charge on any atom is 0.252 e. The van der Waals surface area contributed by atoms with E-state index < -0.39 is 0 Å². The number of halogens is 3. The molecule has 126 valence electrons. The highest BCUT2D eigenvalue weighted by Crippen LogP contribution is 2.31. The molecule has 0 aliphatic heterocycles. The number of benzene rings is 2. The molecule has 0 saturated carbocycles. The minimum absolute atomic E-state index is 0.0616. The first-order valence-corrected chi connectivity index (χ1v) is 8.79. The van der Waals surface area contributed by atoms with E-state index in [1.807, 2.05) is 0 Å². The number of nitrogens with zero attached hydrogens (tertiary/aromatic N) is 2. The van der Waals surface area contributed by atoms with Gasteiger partial charge in [0.2, 0.25) is 0 Å². The van der Waals surface area contributed by atoms with E-state index in [9.17, 15) is 9.18 Å². The molecule has 3 aromatic rings. The summed E-state index contributed by atoms with van der Waals surface area (Å²) < 4.78 is 15.4. The lowest BCUT2D eigenvalue weighted by Gasteiger charge is -2.02. The summed E-state index contributed by atoms with van der Waals surface area (Å²) in [6.45, 7) is 0.211. The van der Waals surface area contributed by atoms with Gasteiger partial charge in [-0.15, -0.1) is 6.42 Å². The molecule has 0 spiro atoms. The molecule has 2 aromatic carbocycles. The van der Waals surface area contributed by atoms with Crippen molar-refractivity contribution < 1.29 is 9.18 Å². The summed E-state index contributed by atoms with van der Waals surface area (Å²) in [5.41, 5.74) is 1.33. The van der Waals surface area contributed by atoms with Gasteiger partial charge in [-0.2, -0.15) is 4.99 Å². The Morgan fingerprint density at radius 2 is 1.88 bits per heavy atom. The first-order valence-electron chi connectivity index (χ1n) is 7.22. The summed E-state index contributed by atoms with van der Waals surface area (Å²) in [6.07, 6.45) is 5.49. The van der Waals surface area contributed by atoms with E-state index in [4.69, 9.17) is 29.6 Å².